The summed E-state index contributed by atoms with van der Waals surface area (Å²) in [5.74, 6) is 1.17. The largest absolute Gasteiger partial charge is 0.508 e. The Balaban J connectivity index is 1.36. The van der Waals surface area contributed by atoms with E-state index < -0.39 is 6.10 Å². The van der Waals surface area contributed by atoms with Crippen molar-refractivity contribution in [3.8, 4) is 17.2 Å². The number of nitrogens with one attached hydrogen (secondary N) is 2. The molecule has 0 aliphatic carbocycles. The van der Waals surface area contributed by atoms with Crippen LogP contribution in [0.3, 0.4) is 0 Å². The van der Waals surface area contributed by atoms with Gasteiger partial charge >= 0.3 is 0 Å². The van der Waals surface area contributed by atoms with Crippen LogP contribution >= 0.6 is 0 Å². The maximum absolute atomic E-state index is 10.4. The van der Waals surface area contributed by atoms with Crippen molar-refractivity contribution < 1.29 is 20.1 Å². The SMILES string of the molecule is Oc1ccc(C(CNCC(O)COc2cccc3[nH]ccc23)c2ccc(O)cc2)cc1. The van der Waals surface area contributed by atoms with Gasteiger partial charge in [-0.3, -0.25) is 0 Å². The quantitative estimate of drug-likeness (QED) is 0.285. The first-order chi connectivity index (χ1) is 15.1. The molecule has 31 heavy (non-hydrogen) atoms. The predicted molar refractivity (Wildman–Crippen MR) is 121 cm³/mol. The van der Waals surface area contributed by atoms with Crippen molar-refractivity contribution in [1.29, 1.82) is 0 Å². The second-order valence-corrected chi connectivity index (χ2v) is 7.55. The lowest BCUT2D eigenvalue weighted by Gasteiger charge is -2.20. The lowest BCUT2D eigenvalue weighted by molar-refractivity contribution is 0.107. The summed E-state index contributed by atoms with van der Waals surface area (Å²) in [6, 6.07) is 21.9. The minimum atomic E-state index is -0.672. The standard InChI is InChI=1S/C25H26N2O4/c28-19-8-4-17(5-9-19)23(18-6-10-20(29)11-7-18)15-26-14-21(30)16-31-25-3-1-2-24-22(25)12-13-27-24/h1-13,21,23,26-30H,14-16H2. The van der Waals surface area contributed by atoms with E-state index in [0.717, 1.165) is 27.8 Å². The highest BCUT2D eigenvalue weighted by atomic mass is 16.5. The van der Waals surface area contributed by atoms with Crippen molar-refractivity contribution in [3.05, 3.63) is 90.1 Å². The third-order valence-electron chi connectivity index (χ3n) is 5.31. The number of H-pyrrole nitrogens is 1. The van der Waals surface area contributed by atoms with Gasteiger partial charge in [-0.2, -0.15) is 0 Å². The molecular formula is C25H26N2O4. The van der Waals surface area contributed by atoms with Crippen molar-refractivity contribution >= 4 is 10.9 Å². The van der Waals surface area contributed by atoms with E-state index in [2.05, 4.69) is 10.3 Å². The molecule has 1 aromatic heterocycles. The molecule has 0 aliphatic rings. The molecule has 0 amide bonds. The Morgan fingerprint density at radius 1 is 0.806 bits per heavy atom. The Hall–Kier alpha value is -3.48. The molecule has 1 heterocycles. The van der Waals surface area contributed by atoms with Crippen LogP contribution in [-0.4, -0.2) is 46.1 Å². The van der Waals surface area contributed by atoms with Crippen LogP contribution in [0.1, 0.15) is 17.0 Å². The molecule has 160 valence electrons. The number of aromatic hydroxyl groups is 2. The van der Waals surface area contributed by atoms with Gasteiger partial charge in [-0.1, -0.05) is 30.3 Å². The van der Waals surface area contributed by atoms with Crippen LogP contribution in [-0.2, 0) is 0 Å². The number of aliphatic hydroxyl groups excluding tert-OH is 1. The molecule has 3 aromatic carbocycles. The number of fused-ring (bicyclic) bond motifs is 1. The van der Waals surface area contributed by atoms with E-state index in [0.29, 0.717) is 13.1 Å². The number of phenolic OH excluding ortho intramolecular Hbond substituents is 2. The van der Waals surface area contributed by atoms with Crippen molar-refractivity contribution in [2.24, 2.45) is 0 Å². The Labute approximate surface area is 180 Å². The van der Waals surface area contributed by atoms with Crippen LogP contribution in [0.25, 0.3) is 10.9 Å². The molecule has 6 nitrogen and oxygen atoms in total. The number of rotatable bonds is 9. The van der Waals surface area contributed by atoms with Crippen LogP contribution in [0.5, 0.6) is 17.2 Å². The lowest BCUT2D eigenvalue weighted by atomic mass is 9.91. The summed E-state index contributed by atoms with van der Waals surface area (Å²) >= 11 is 0. The molecule has 0 radical (unpaired) electrons. The van der Waals surface area contributed by atoms with Gasteiger partial charge in [-0.25, -0.2) is 0 Å². The number of ether oxygens (including phenoxy) is 1. The fourth-order valence-electron chi connectivity index (χ4n) is 3.66. The summed E-state index contributed by atoms with van der Waals surface area (Å²) < 4.78 is 5.83. The third kappa shape index (κ3) is 5.17. The van der Waals surface area contributed by atoms with E-state index in [1.165, 1.54) is 0 Å². The zero-order chi connectivity index (χ0) is 21.6. The zero-order valence-electron chi connectivity index (χ0n) is 17.0. The van der Waals surface area contributed by atoms with Gasteiger partial charge in [0.15, 0.2) is 0 Å². The number of aliphatic hydroxyl groups is 1. The fraction of sp³-hybridized carbons (Fsp3) is 0.200. The number of phenols is 2. The molecule has 4 aromatic rings. The van der Waals surface area contributed by atoms with Gasteiger partial charge in [-0.05, 0) is 53.6 Å². The van der Waals surface area contributed by atoms with Crippen molar-refractivity contribution in [2.45, 2.75) is 12.0 Å². The summed E-state index contributed by atoms with van der Waals surface area (Å²) in [5, 5.41) is 33.9. The van der Waals surface area contributed by atoms with Crippen molar-refractivity contribution in [1.82, 2.24) is 10.3 Å². The van der Waals surface area contributed by atoms with E-state index in [1.54, 1.807) is 24.3 Å². The average Bonchev–Trinajstić information content (AvgIpc) is 3.26. The Morgan fingerprint density at radius 3 is 2.10 bits per heavy atom. The van der Waals surface area contributed by atoms with Crippen LogP contribution in [0.2, 0.25) is 0 Å². The topological polar surface area (TPSA) is 97.7 Å². The smallest absolute Gasteiger partial charge is 0.128 e. The van der Waals surface area contributed by atoms with Gasteiger partial charge in [0.1, 0.15) is 30.0 Å². The number of hydrogen-bond acceptors (Lipinski definition) is 5. The van der Waals surface area contributed by atoms with Gasteiger partial charge in [0.2, 0.25) is 0 Å². The molecule has 0 saturated heterocycles. The summed E-state index contributed by atoms with van der Waals surface area (Å²) in [6.45, 7) is 1.14. The molecule has 0 bridgehead atoms. The molecule has 0 spiro atoms. The van der Waals surface area contributed by atoms with Crippen molar-refractivity contribution in [2.75, 3.05) is 19.7 Å². The first kappa shape index (κ1) is 20.8. The zero-order valence-corrected chi connectivity index (χ0v) is 17.0. The van der Waals surface area contributed by atoms with E-state index in [9.17, 15) is 15.3 Å². The van der Waals surface area contributed by atoms with Gasteiger partial charge in [0.05, 0.1) is 0 Å². The Kier molecular flexibility index (Phi) is 6.40. The number of aromatic nitrogens is 1. The highest BCUT2D eigenvalue weighted by Crippen LogP contribution is 2.27. The maximum atomic E-state index is 10.4. The molecule has 1 atom stereocenters. The monoisotopic (exact) mass is 418 g/mol. The van der Waals surface area contributed by atoms with E-state index in [-0.39, 0.29) is 24.0 Å². The minimum absolute atomic E-state index is 0.00271. The summed E-state index contributed by atoms with van der Waals surface area (Å²) in [4.78, 5) is 3.15. The second kappa shape index (κ2) is 9.55. The molecule has 5 N–H and O–H groups in total. The molecular weight excluding hydrogens is 392 g/mol. The first-order valence-electron chi connectivity index (χ1n) is 10.3. The minimum Gasteiger partial charge on any atom is -0.508 e. The molecule has 0 aliphatic heterocycles. The normalized spacial score (nSPS) is 12.3. The number of benzene rings is 3. The molecule has 4 rings (SSSR count). The van der Waals surface area contributed by atoms with Gasteiger partial charge < -0.3 is 30.4 Å². The van der Waals surface area contributed by atoms with Crippen LogP contribution in [0.4, 0.5) is 0 Å². The fourth-order valence-corrected chi connectivity index (χ4v) is 3.66. The second-order valence-electron chi connectivity index (χ2n) is 7.55. The third-order valence-corrected chi connectivity index (χ3v) is 5.31. The summed E-state index contributed by atoms with van der Waals surface area (Å²) in [5.41, 5.74) is 3.05. The average molecular weight is 418 g/mol. The van der Waals surface area contributed by atoms with Gasteiger partial charge in [0, 0.05) is 36.1 Å². The highest BCUT2D eigenvalue weighted by Gasteiger charge is 2.16. The predicted octanol–water partition coefficient (Wildman–Crippen LogP) is 3.74. The van der Waals surface area contributed by atoms with Gasteiger partial charge in [-0.15, -0.1) is 0 Å². The maximum Gasteiger partial charge on any atom is 0.128 e. The molecule has 0 saturated carbocycles. The van der Waals surface area contributed by atoms with Crippen LogP contribution < -0.4 is 10.1 Å². The van der Waals surface area contributed by atoms with Gasteiger partial charge in [0.25, 0.3) is 0 Å². The van der Waals surface area contributed by atoms with Crippen LogP contribution in [0, 0.1) is 0 Å². The lowest BCUT2D eigenvalue weighted by Crippen LogP contribution is -2.34. The summed E-state index contributed by atoms with van der Waals surface area (Å²) in [7, 11) is 0. The summed E-state index contributed by atoms with van der Waals surface area (Å²) in [6.07, 6.45) is 1.19. The van der Waals surface area contributed by atoms with E-state index in [1.807, 2.05) is 54.7 Å². The Morgan fingerprint density at radius 2 is 1.45 bits per heavy atom. The Bertz CT molecular complexity index is 1060. The van der Waals surface area contributed by atoms with E-state index in [4.69, 9.17) is 4.74 Å². The van der Waals surface area contributed by atoms with Crippen LogP contribution in [0.15, 0.2) is 79.0 Å². The van der Waals surface area contributed by atoms with E-state index >= 15 is 0 Å². The number of hydrogen-bond donors (Lipinski definition) is 5. The molecule has 0 fully saturated rings. The molecule has 1 unspecified atom stereocenters. The first-order valence-corrected chi connectivity index (χ1v) is 10.3. The molecule has 6 heteroatoms. The number of aromatic amines is 1. The highest BCUT2D eigenvalue weighted by molar-refractivity contribution is 5.85. The van der Waals surface area contributed by atoms with Crippen molar-refractivity contribution in [3.63, 3.8) is 0 Å².